The molecular weight excluding hydrogens is 300 g/mol. The number of pyridine rings is 1. The van der Waals surface area contributed by atoms with Crippen molar-refractivity contribution in [3.63, 3.8) is 0 Å². The number of ether oxygens (including phenoxy) is 1. The molecule has 8 heteroatoms. The van der Waals surface area contributed by atoms with Gasteiger partial charge < -0.3 is 25.4 Å². The number of aliphatic hydroxyl groups is 2. The molecule has 0 fully saturated rings. The minimum absolute atomic E-state index is 0.0760. The number of hydrogen-bond acceptors (Lipinski definition) is 6. The molecule has 7 nitrogen and oxygen atoms in total. The van der Waals surface area contributed by atoms with Crippen molar-refractivity contribution in [2.75, 3.05) is 13.2 Å². The molecule has 112 valence electrons. The second-order valence-electron chi connectivity index (χ2n) is 4.20. The first-order chi connectivity index (χ1) is 10.1. The van der Waals surface area contributed by atoms with Gasteiger partial charge in [-0.1, -0.05) is 35.9 Å². The summed E-state index contributed by atoms with van der Waals surface area (Å²) in [5, 5.41) is 31.0. The van der Waals surface area contributed by atoms with Gasteiger partial charge in [-0.05, 0) is 0 Å². The van der Waals surface area contributed by atoms with Gasteiger partial charge in [0, 0.05) is 10.8 Å². The van der Waals surface area contributed by atoms with Crippen LogP contribution in [0.3, 0.4) is 0 Å². The van der Waals surface area contributed by atoms with Crippen LogP contribution in [0.25, 0.3) is 10.8 Å². The van der Waals surface area contributed by atoms with Gasteiger partial charge in [-0.25, -0.2) is 4.79 Å². The molecule has 0 saturated carbocycles. The fraction of sp³-hybridized carbons (Fsp3) is 0.231. The summed E-state index contributed by atoms with van der Waals surface area (Å²) in [6.07, 6.45) is -0.975. The number of carbonyl (C=O) groups is 1. The Kier molecular flexibility index (Phi) is 4.79. The SMILES string of the molecule is O=C(NC(CO)CO)Oc1nc(Cl)c2ccccc2c1O. The van der Waals surface area contributed by atoms with E-state index in [1.807, 2.05) is 0 Å². The second kappa shape index (κ2) is 6.57. The third-order valence-corrected chi connectivity index (χ3v) is 3.05. The van der Waals surface area contributed by atoms with Crippen molar-refractivity contribution < 1.29 is 24.9 Å². The number of aromatic nitrogens is 1. The maximum Gasteiger partial charge on any atom is 0.414 e. The molecule has 4 N–H and O–H groups in total. The van der Waals surface area contributed by atoms with Gasteiger partial charge in [0.2, 0.25) is 0 Å². The number of hydrogen-bond donors (Lipinski definition) is 4. The molecule has 0 saturated heterocycles. The van der Waals surface area contributed by atoms with E-state index in [1.54, 1.807) is 24.3 Å². The standard InChI is InChI=1S/C13H13ClN2O5/c14-11-9-4-2-1-3-8(9)10(19)12(16-11)21-13(20)15-7(5-17)6-18/h1-4,7,17-19H,5-6H2,(H,15,20). The number of nitrogens with one attached hydrogen (secondary N) is 1. The highest BCUT2D eigenvalue weighted by atomic mass is 35.5. The number of nitrogens with zero attached hydrogens (tertiary/aromatic N) is 1. The Labute approximate surface area is 124 Å². The molecule has 0 atom stereocenters. The van der Waals surface area contributed by atoms with E-state index in [4.69, 9.17) is 26.6 Å². The normalized spacial score (nSPS) is 10.9. The summed E-state index contributed by atoms with van der Waals surface area (Å²) in [7, 11) is 0. The predicted molar refractivity (Wildman–Crippen MR) is 75.5 cm³/mol. The molecule has 0 bridgehead atoms. The first-order valence-electron chi connectivity index (χ1n) is 6.04. The van der Waals surface area contributed by atoms with Crippen LogP contribution < -0.4 is 10.1 Å². The highest BCUT2D eigenvalue weighted by Gasteiger charge is 2.18. The van der Waals surface area contributed by atoms with Gasteiger partial charge in [-0.3, -0.25) is 0 Å². The van der Waals surface area contributed by atoms with Gasteiger partial charge in [0.05, 0.1) is 19.3 Å². The summed E-state index contributed by atoms with van der Waals surface area (Å²) in [5.41, 5.74) is 0. The zero-order valence-electron chi connectivity index (χ0n) is 10.8. The summed E-state index contributed by atoms with van der Waals surface area (Å²) in [5.74, 6) is -0.680. The van der Waals surface area contributed by atoms with Crippen molar-refractivity contribution in [2.45, 2.75) is 6.04 Å². The summed E-state index contributed by atoms with van der Waals surface area (Å²) in [4.78, 5) is 15.4. The fourth-order valence-electron chi connectivity index (χ4n) is 1.69. The van der Waals surface area contributed by atoms with Crippen molar-refractivity contribution in [3.8, 4) is 11.6 Å². The van der Waals surface area contributed by atoms with E-state index >= 15 is 0 Å². The van der Waals surface area contributed by atoms with E-state index in [0.717, 1.165) is 0 Å². The number of benzene rings is 1. The predicted octanol–water partition coefficient (Wildman–Crippen LogP) is 1.04. The molecule has 2 aromatic rings. The van der Waals surface area contributed by atoms with Gasteiger partial charge in [0.1, 0.15) is 5.15 Å². The van der Waals surface area contributed by atoms with Crippen molar-refractivity contribution >= 4 is 28.5 Å². The molecule has 2 rings (SSSR count). The molecular formula is C13H13ClN2O5. The Balaban J connectivity index is 2.27. The van der Waals surface area contributed by atoms with Crippen LogP contribution in [-0.2, 0) is 0 Å². The lowest BCUT2D eigenvalue weighted by atomic mass is 10.1. The Morgan fingerprint density at radius 3 is 2.52 bits per heavy atom. The van der Waals surface area contributed by atoms with Crippen LogP contribution in [0.4, 0.5) is 4.79 Å². The summed E-state index contributed by atoms with van der Waals surface area (Å²) in [6.45, 7) is -0.910. The number of aliphatic hydroxyl groups excluding tert-OH is 2. The molecule has 1 aromatic carbocycles. The largest absolute Gasteiger partial charge is 0.503 e. The van der Waals surface area contributed by atoms with E-state index in [9.17, 15) is 9.90 Å². The number of rotatable bonds is 4. The third kappa shape index (κ3) is 3.33. The zero-order valence-corrected chi connectivity index (χ0v) is 11.5. The van der Waals surface area contributed by atoms with Gasteiger partial charge >= 0.3 is 6.09 Å². The molecule has 1 amide bonds. The number of halogens is 1. The number of aromatic hydroxyl groups is 1. The molecule has 0 radical (unpaired) electrons. The third-order valence-electron chi connectivity index (χ3n) is 2.76. The quantitative estimate of drug-likeness (QED) is 0.628. The van der Waals surface area contributed by atoms with Crippen LogP contribution in [0.15, 0.2) is 24.3 Å². The van der Waals surface area contributed by atoms with Crippen LogP contribution in [-0.4, -0.2) is 45.7 Å². The van der Waals surface area contributed by atoms with E-state index in [0.29, 0.717) is 10.8 Å². The van der Waals surface area contributed by atoms with Gasteiger partial charge in [-0.15, -0.1) is 0 Å². The summed E-state index contributed by atoms with van der Waals surface area (Å²) in [6, 6.07) is 5.83. The average Bonchev–Trinajstić information content (AvgIpc) is 2.50. The van der Waals surface area contributed by atoms with Crippen LogP contribution in [0.1, 0.15) is 0 Å². The first-order valence-corrected chi connectivity index (χ1v) is 6.42. The minimum Gasteiger partial charge on any atom is -0.503 e. The Hall–Kier alpha value is -2.09. The molecule has 1 aromatic heterocycles. The maximum atomic E-state index is 11.6. The molecule has 21 heavy (non-hydrogen) atoms. The lowest BCUT2D eigenvalue weighted by molar-refractivity contribution is 0.151. The van der Waals surface area contributed by atoms with E-state index in [2.05, 4.69) is 10.3 Å². The monoisotopic (exact) mass is 312 g/mol. The maximum absolute atomic E-state index is 11.6. The molecule has 1 heterocycles. The lowest BCUT2D eigenvalue weighted by Crippen LogP contribution is -2.41. The number of fused-ring (bicyclic) bond motifs is 1. The van der Waals surface area contributed by atoms with Crippen molar-refractivity contribution in [3.05, 3.63) is 29.4 Å². The Morgan fingerprint density at radius 1 is 1.29 bits per heavy atom. The average molecular weight is 313 g/mol. The van der Waals surface area contributed by atoms with E-state index < -0.39 is 25.3 Å². The van der Waals surface area contributed by atoms with Crippen molar-refractivity contribution in [2.24, 2.45) is 0 Å². The Morgan fingerprint density at radius 2 is 1.90 bits per heavy atom. The molecule has 0 unspecified atom stereocenters. The number of amides is 1. The molecule has 0 aliphatic heterocycles. The van der Waals surface area contributed by atoms with E-state index in [1.165, 1.54) is 0 Å². The highest BCUT2D eigenvalue weighted by molar-refractivity contribution is 6.34. The second-order valence-corrected chi connectivity index (χ2v) is 4.56. The van der Waals surface area contributed by atoms with Crippen molar-refractivity contribution in [1.29, 1.82) is 0 Å². The molecule has 0 spiro atoms. The highest BCUT2D eigenvalue weighted by Crippen LogP contribution is 2.36. The fourth-order valence-corrected chi connectivity index (χ4v) is 1.93. The summed E-state index contributed by atoms with van der Waals surface area (Å²) < 4.78 is 4.85. The number of carbonyl (C=O) groups excluding carboxylic acids is 1. The topological polar surface area (TPSA) is 112 Å². The summed E-state index contributed by atoms with van der Waals surface area (Å²) >= 11 is 5.96. The van der Waals surface area contributed by atoms with Crippen molar-refractivity contribution in [1.82, 2.24) is 10.3 Å². The van der Waals surface area contributed by atoms with Gasteiger partial charge in [0.25, 0.3) is 5.88 Å². The molecule has 0 aliphatic carbocycles. The van der Waals surface area contributed by atoms with Crippen LogP contribution in [0.2, 0.25) is 5.15 Å². The van der Waals surface area contributed by atoms with Gasteiger partial charge in [-0.2, -0.15) is 4.98 Å². The van der Waals surface area contributed by atoms with Crippen LogP contribution in [0.5, 0.6) is 11.6 Å². The van der Waals surface area contributed by atoms with Crippen LogP contribution >= 0.6 is 11.6 Å². The van der Waals surface area contributed by atoms with Crippen LogP contribution in [0, 0.1) is 0 Å². The molecule has 0 aliphatic rings. The Bertz CT molecular complexity index is 660. The van der Waals surface area contributed by atoms with Gasteiger partial charge in [0.15, 0.2) is 5.75 Å². The smallest absolute Gasteiger partial charge is 0.414 e. The first kappa shape index (κ1) is 15.3. The zero-order chi connectivity index (χ0) is 15.4. The van der Waals surface area contributed by atoms with E-state index in [-0.39, 0.29) is 16.8 Å². The lowest BCUT2D eigenvalue weighted by Gasteiger charge is -2.14. The minimum atomic E-state index is -0.975.